The van der Waals surface area contributed by atoms with E-state index in [2.05, 4.69) is 16.0 Å². The number of nitrogens with one attached hydrogen (secondary N) is 1. The molecule has 0 atom stereocenters. The summed E-state index contributed by atoms with van der Waals surface area (Å²) >= 11 is 0. The van der Waals surface area contributed by atoms with Crippen LogP contribution in [0.15, 0.2) is 23.0 Å². The fourth-order valence-corrected chi connectivity index (χ4v) is 1.87. The molecule has 0 bridgehead atoms. The second-order valence-corrected chi connectivity index (χ2v) is 4.15. The van der Waals surface area contributed by atoms with Crippen LogP contribution in [-0.2, 0) is 0 Å². The van der Waals surface area contributed by atoms with Crippen molar-refractivity contribution in [1.29, 1.82) is 5.26 Å². The van der Waals surface area contributed by atoms with Gasteiger partial charge < -0.3 is 9.72 Å². The standard InChI is InChI=1S/C14H13N3O2/c1-8-13(16-9(2)17-14(8)18)11-6-10(7-15)4-5-12(11)19-3/h4-6H,1-3H3,(H,16,17,18). The highest BCUT2D eigenvalue weighted by Crippen LogP contribution is 2.30. The van der Waals surface area contributed by atoms with Crippen LogP contribution in [0.25, 0.3) is 11.3 Å². The molecule has 0 saturated heterocycles. The van der Waals surface area contributed by atoms with Crippen LogP contribution in [0.2, 0.25) is 0 Å². The van der Waals surface area contributed by atoms with Crippen LogP contribution in [0.4, 0.5) is 0 Å². The summed E-state index contributed by atoms with van der Waals surface area (Å²) in [6.45, 7) is 3.41. The van der Waals surface area contributed by atoms with E-state index in [1.165, 1.54) is 0 Å². The molecule has 2 rings (SSSR count). The van der Waals surface area contributed by atoms with Gasteiger partial charge in [-0.3, -0.25) is 4.79 Å². The fourth-order valence-electron chi connectivity index (χ4n) is 1.87. The summed E-state index contributed by atoms with van der Waals surface area (Å²) in [5.74, 6) is 1.11. The molecule has 1 aromatic carbocycles. The zero-order valence-electron chi connectivity index (χ0n) is 10.9. The van der Waals surface area contributed by atoms with E-state index in [1.807, 2.05) is 0 Å². The molecule has 0 radical (unpaired) electrons. The van der Waals surface area contributed by atoms with Crippen LogP contribution < -0.4 is 10.3 Å². The van der Waals surface area contributed by atoms with Crippen LogP contribution in [0, 0.1) is 25.2 Å². The molecule has 0 spiro atoms. The zero-order chi connectivity index (χ0) is 14.0. The number of nitrogens with zero attached hydrogens (tertiary/aromatic N) is 2. The van der Waals surface area contributed by atoms with E-state index in [4.69, 9.17) is 10.00 Å². The van der Waals surface area contributed by atoms with Crippen molar-refractivity contribution in [3.05, 3.63) is 45.5 Å². The van der Waals surface area contributed by atoms with Gasteiger partial charge in [-0.2, -0.15) is 5.26 Å². The number of aryl methyl sites for hydroxylation is 1. The second kappa shape index (κ2) is 4.94. The number of rotatable bonds is 2. The minimum absolute atomic E-state index is 0.188. The molecule has 96 valence electrons. The average molecular weight is 255 g/mol. The highest BCUT2D eigenvalue weighted by atomic mass is 16.5. The molecular weight excluding hydrogens is 242 g/mol. The van der Waals surface area contributed by atoms with E-state index in [0.29, 0.717) is 34.0 Å². The van der Waals surface area contributed by atoms with Crippen molar-refractivity contribution in [1.82, 2.24) is 9.97 Å². The molecule has 0 fully saturated rings. The summed E-state index contributed by atoms with van der Waals surface area (Å²) in [5.41, 5.74) is 1.99. The van der Waals surface area contributed by atoms with Crippen molar-refractivity contribution in [2.45, 2.75) is 13.8 Å². The Hall–Kier alpha value is -2.61. The molecule has 1 N–H and O–H groups in total. The number of hydrogen-bond acceptors (Lipinski definition) is 4. The van der Waals surface area contributed by atoms with Gasteiger partial charge >= 0.3 is 0 Å². The fraction of sp³-hybridized carbons (Fsp3) is 0.214. The van der Waals surface area contributed by atoms with E-state index in [-0.39, 0.29) is 5.56 Å². The number of ether oxygens (including phenoxy) is 1. The van der Waals surface area contributed by atoms with E-state index < -0.39 is 0 Å². The molecule has 1 aromatic heterocycles. The molecule has 0 amide bonds. The number of aromatic nitrogens is 2. The average Bonchev–Trinajstić information content (AvgIpc) is 2.42. The Morgan fingerprint density at radius 2 is 2.11 bits per heavy atom. The molecule has 0 aliphatic rings. The first kappa shape index (κ1) is 12.8. The van der Waals surface area contributed by atoms with E-state index in [1.54, 1.807) is 39.2 Å². The Kier molecular flexibility index (Phi) is 3.34. The number of methoxy groups -OCH3 is 1. The van der Waals surface area contributed by atoms with Crippen molar-refractivity contribution in [2.24, 2.45) is 0 Å². The maximum atomic E-state index is 11.8. The molecule has 0 saturated carbocycles. The van der Waals surface area contributed by atoms with Crippen LogP contribution in [0.5, 0.6) is 5.75 Å². The summed E-state index contributed by atoms with van der Waals surface area (Å²) in [4.78, 5) is 18.8. The maximum Gasteiger partial charge on any atom is 0.254 e. The lowest BCUT2D eigenvalue weighted by Gasteiger charge is -2.10. The molecule has 1 heterocycles. The van der Waals surface area contributed by atoms with Gasteiger partial charge in [0.1, 0.15) is 11.6 Å². The lowest BCUT2D eigenvalue weighted by Crippen LogP contribution is -2.14. The van der Waals surface area contributed by atoms with Gasteiger partial charge in [-0.15, -0.1) is 0 Å². The maximum absolute atomic E-state index is 11.8. The number of hydrogen-bond donors (Lipinski definition) is 1. The quantitative estimate of drug-likeness (QED) is 0.889. The smallest absolute Gasteiger partial charge is 0.254 e. The highest BCUT2D eigenvalue weighted by Gasteiger charge is 2.13. The molecule has 19 heavy (non-hydrogen) atoms. The Bertz CT molecular complexity index is 726. The van der Waals surface area contributed by atoms with Gasteiger partial charge in [-0.25, -0.2) is 4.98 Å². The minimum atomic E-state index is -0.188. The lowest BCUT2D eigenvalue weighted by atomic mass is 10.0. The molecule has 0 aliphatic carbocycles. The monoisotopic (exact) mass is 255 g/mol. The molecular formula is C14H13N3O2. The van der Waals surface area contributed by atoms with Crippen molar-refractivity contribution in [2.75, 3.05) is 7.11 Å². The van der Waals surface area contributed by atoms with E-state index in [9.17, 15) is 4.79 Å². The minimum Gasteiger partial charge on any atom is -0.496 e. The Balaban J connectivity index is 2.78. The van der Waals surface area contributed by atoms with Crippen molar-refractivity contribution in [3.63, 3.8) is 0 Å². The van der Waals surface area contributed by atoms with E-state index >= 15 is 0 Å². The van der Waals surface area contributed by atoms with Gasteiger partial charge in [0.15, 0.2) is 0 Å². The van der Waals surface area contributed by atoms with Gasteiger partial charge in [-0.1, -0.05) is 0 Å². The number of aromatic amines is 1. The number of H-pyrrole nitrogens is 1. The molecule has 5 heteroatoms. The molecule has 0 unspecified atom stereocenters. The van der Waals surface area contributed by atoms with Gasteiger partial charge in [0.2, 0.25) is 0 Å². The third-order valence-electron chi connectivity index (χ3n) is 2.85. The summed E-state index contributed by atoms with van der Waals surface area (Å²) in [5, 5.41) is 8.97. The normalized spacial score (nSPS) is 10.0. The van der Waals surface area contributed by atoms with Crippen LogP contribution in [0.1, 0.15) is 17.0 Å². The predicted molar refractivity (Wildman–Crippen MR) is 71.0 cm³/mol. The van der Waals surface area contributed by atoms with Gasteiger partial charge in [0.25, 0.3) is 5.56 Å². The van der Waals surface area contributed by atoms with E-state index in [0.717, 1.165) is 0 Å². The first-order chi connectivity index (χ1) is 9.06. The van der Waals surface area contributed by atoms with Gasteiger partial charge in [0, 0.05) is 11.1 Å². The molecule has 0 aliphatic heterocycles. The van der Waals surface area contributed by atoms with Crippen LogP contribution in [0.3, 0.4) is 0 Å². The SMILES string of the molecule is COc1ccc(C#N)cc1-c1nc(C)[nH]c(=O)c1C. The lowest BCUT2D eigenvalue weighted by molar-refractivity contribution is 0.416. The van der Waals surface area contributed by atoms with Crippen LogP contribution in [-0.4, -0.2) is 17.1 Å². The highest BCUT2D eigenvalue weighted by molar-refractivity contribution is 5.71. The summed E-state index contributed by atoms with van der Waals surface area (Å²) in [6.07, 6.45) is 0. The van der Waals surface area contributed by atoms with Gasteiger partial charge in [0.05, 0.1) is 24.4 Å². The van der Waals surface area contributed by atoms with Gasteiger partial charge in [-0.05, 0) is 32.0 Å². The van der Waals surface area contributed by atoms with Crippen LogP contribution >= 0.6 is 0 Å². The Labute approximate surface area is 110 Å². The molecule has 2 aromatic rings. The summed E-state index contributed by atoms with van der Waals surface area (Å²) in [6, 6.07) is 7.11. The third-order valence-corrected chi connectivity index (χ3v) is 2.85. The van der Waals surface area contributed by atoms with Crippen molar-refractivity contribution in [3.8, 4) is 23.1 Å². The largest absolute Gasteiger partial charge is 0.496 e. The molecule has 5 nitrogen and oxygen atoms in total. The predicted octanol–water partition coefficient (Wildman–Crippen LogP) is 1.93. The summed E-state index contributed by atoms with van der Waals surface area (Å²) < 4.78 is 5.27. The van der Waals surface area contributed by atoms with Crippen molar-refractivity contribution < 1.29 is 4.74 Å². The number of nitriles is 1. The Morgan fingerprint density at radius 1 is 1.37 bits per heavy atom. The summed E-state index contributed by atoms with van der Waals surface area (Å²) in [7, 11) is 1.54. The first-order valence-corrected chi connectivity index (χ1v) is 5.73. The third kappa shape index (κ3) is 2.33. The zero-order valence-corrected chi connectivity index (χ0v) is 10.9. The Morgan fingerprint density at radius 3 is 2.74 bits per heavy atom. The number of benzene rings is 1. The van der Waals surface area contributed by atoms with Crippen molar-refractivity contribution >= 4 is 0 Å². The first-order valence-electron chi connectivity index (χ1n) is 5.73. The topological polar surface area (TPSA) is 78.8 Å². The second-order valence-electron chi connectivity index (χ2n) is 4.15.